The smallest absolute Gasteiger partial charge is 0.258 e. The van der Waals surface area contributed by atoms with Crippen molar-refractivity contribution < 1.29 is 9.53 Å². The number of rotatable bonds is 6. The first-order chi connectivity index (χ1) is 12.1. The molecule has 25 heavy (non-hydrogen) atoms. The van der Waals surface area contributed by atoms with Gasteiger partial charge in [-0.05, 0) is 31.4 Å². The monoisotopic (exact) mass is 360 g/mol. The Balaban J connectivity index is 1.54. The normalized spacial score (nSPS) is 13.8. The topological polar surface area (TPSA) is 67.3 Å². The van der Waals surface area contributed by atoms with Crippen molar-refractivity contribution in [2.24, 2.45) is 0 Å². The van der Waals surface area contributed by atoms with Gasteiger partial charge < -0.3 is 15.0 Å². The van der Waals surface area contributed by atoms with Gasteiger partial charge in [-0.1, -0.05) is 29.8 Å². The lowest BCUT2D eigenvalue weighted by Crippen LogP contribution is -2.29. The van der Waals surface area contributed by atoms with Crippen LogP contribution in [-0.4, -0.2) is 35.6 Å². The molecule has 132 valence electrons. The maximum Gasteiger partial charge on any atom is 0.258 e. The summed E-state index contributed by atoms with van der Waals surface area (Å²) in [7, 11) is 0. The molecule has 1 N–H and O–H groups in total. The summed E-state index contributed by atoms with van der Waals surface area (Å²) in [6, 6.07) is 9.14. The lowest BCUT2D eigenvalue weighted by molar-refractivity contribution is -0.123. The highest BCUT2D eigenvalue weighted by molar-refractivity contribution is 6.31. The fourth-order valence-electron chi connectivity index (χ4n) is 2.68. The van der Waals surface area contributed by atoms with Crippen molar-refractivity contribution in [2.45, 2.75) is 26.3 Å². The number of carbonyl (C=O) groups excluding carboxylic acids is 1. The summed E-state index contributed by atoms with van der Waals surface area (Å²) in [5.74, 6) is 0.866. The third-order valence-corrected chi connectivity index (χ3v) is 4.36. The molecule has 1 saturated heterocycles. The molecule has 0 bridgehead atoms. The Morgan fingerprint density at radius 2 is 2.04 bits per heavy atom. The molecule has 1 aromatic heterocycles. The number of ether oxygens (including phenoxy) is 1. The molecule has 1 amide bonds. The average molecular weight is 361 g/mol. The van der Waals surface area contributed by atoms with E-state index in [1.165, 1.54) is 0 Å². The number of aromatic nitrogens is 2. The first-order valence-electron chi connectivity index (χ1n) is 8.35. The molecule has 0 aliphatic carbocycles. The van der Waals surface area contributed by atoms with E-state index in [0.717, 1.165) is 37.2 Å². The maximum absolute atomic E-state index is 12.0. The highest BCUT2D eigenvalue weighted by Crippen LogP contribution is 2.19. The van der Waals surface area contributed by atoms with Gasteiger partial charge in [0.1, 0.15) is 0 Å². The second-order valence-electron chi connectivity index (χ2n) is 6.00. The van der Waals surface area contributed by atoms with Gasteiger partial charge in [0.15, 0.2) is 6.61 Å². The number of nitrogens with zero attached hydrogens (tertiary/aromatic N) is 3. The van der Waals surface area contributed by atoms with Gasteiger partial charge >= 0.3 is 0 Å². The summed E-state index contributed by atoms with van der Waals surface area (Å²) >= 11 is 6.07. The first kappa shape index (κ1) is 17.5. The van der Waals surface area contributed by atoms with E-state index >= 15 is 0 Å². The van der Waals surface area contributed by atoms with Gasteiger partial charge in [0.25, 0.3) is 5.91 Å². The minimum Gasteiger partial charge on any atom is -0.467 e. The van der Waals surface area contributed by atoms with Crippen LogP contribution in [0, 0.1) is 6.92 Å². The molecule has 0 saturated carbocycles. The summed E-state index contributed by atoms with van der Waals surface area (Å²) in [5, 5.41) is 3.42. The van der Waals surface area contributed by atoms with E-state index in [1.807, 2.05) is 25.1 Å². The van der Waals surface area contributed by atoms with E-state index in [1.54, 1.807) is 12.1 Å². The summed E-state index contributed by atoms with van der Waals surface area (Å²) in [5.41, 5.74) is 1.69. The second-order valence-corrected chi connectivity index (χ2v) is 6.41. The van der Waals surface area contributed by atoms with Gasteiger partial charge in [0, 0.05) is 36.4 Å². The minimum atomic E-state index is -0.223. The molecular weight excluding hydrogens is 340 g/mol. The van der Waals surface area contributed by atoms with E-state index in [0.29, 0.717) is 23.4 Å². The van der Waals surface area contributed by atoms with Crippen LogP contribution >= 0.6 is 11.6 Å². The molecule has 2 aromatic rings. The summed E-state index contributed by atoms with van der Waals surface area (Å²) in [4.78, 5) is 23.0. The number of carbonyl (C=O) groups is 1. The lowest BCUT2D eigenvalue weighted by atomic mass is 10.2. The highest BCUT2D eigenvalue weighted by atomic mass is 35.5. The third-order valence-electron chi connectivity index (χ3n) is 3.99. The fourth-order valence-corrected chi connectivity index (χ4v) is 2.89. The molecule has 1 fully saturated rings. The van der Waals surface area contributed by atoms with Gasteiger partial charge in [-0.2, -0.15) is 4.98 Å². The van der Waals surface area contributed by atoms with Crippen LogP contribution in [0.5, 0.6) is 5.88 Å². The Morgan fingerprint density at radius 1 is 1.28 bits per heavy atom. The quantitative estimate of drug-likeness (QED) is 0.857. The zero-order valence-corrected chi connectivity index (χ0v) is 14.9. The van der Waals surface area contributed by atoms with Gasteiger partial charge in [-0.3, -0.25) is 4.79 Å². The molecule has 0 unspecified atom stereocenters. The Bertz CT molecular complexity index is 748. The Hall–Kier alpha value is -2.34. The number of benzene rings is 1. The summed E-state index contributed by atoms with van der Waals surface area (Å²) < 4.78 is 5.54. The number of aryl methyl sites for hydroxylation is 1. The van der Waals surface area contributed by atoms with Gasteiger partial charge in [-0.25, -0.2) is 4.98 Å². The third kappa shape index (κ3) is 4.82. The molecular formula is C18H21ClN4O2. The number of hydrogen-bond acceptors (Lipinski definition) is 5. The van der Waals surface area contributed by atoms with Crippen molar-refractivity contribution in [1.82, 2.24) is 15.3 Å². The molecule has 2 heterocycles. The van der Waals surface area contributed by atoms with Crippen LogP contribution in [-0.2, 0) is 11.3 Å². The zero-order chi connectivity index (χ0) is 17.6. The predicted molar refractivity (Wildman–Crippen MR) is 97.0 cm³/mol. The van der Waals surface area contributed by atoms with Crippen molar-refractivity contribution in [3.05, 3.63) is 46.6 Å². The van der Waals surface area contributed by atoms with Crippen molar-refractivity contribution in [2.75, 3.05) is 24.6 Å². The average Bonchev–Trinajstić information content (AvgIpc) is 3.13. The van der Waals surface area contributed by atoms with E-state index in [9.17, 15) is 4.79 Å². The van der Waals surface area contributed by atoms with E-state index in [-0.39, 0.29) is 12.5 Å². The molecule has 0 spiro atoms. The number of halogens is 1. The molecule has 6 nitrogen and oxygen atoms in total. The standard InChI is InChI=1S/C18H21ClN4O2/c1-13-10-17(22-18(21-13)23-8-4-5-9-23)25-12-16(24)20-11-14-6-2-3-7-15(14)19/h2-3,6-7,10H,4-5,8-9,11-12H2,1H3,(H,20,24). The van der Waals surface area contributed by atoms with Crippen molar-refractivity contribution in [3.8, 4) is 5.88 Å². The zero-order valence-electron chi connectivity index (χ0n) is 14.2. The minimum absolute atomic E-state index is 0.0969. The van der Waals surface area contributed by atoms with Crippen LogP contribution in [0.15, 0.2) is 30.3 Å². The molecule has 1 aliphatic heterocycles. The van der Waals surface area contributed by atoms with Gasteiger partial charge in [0.2, 0.25) is 11.8 Å². The fraction of sp³-hybridized carbons (Fsp3) is 0.389. The SMILES string of the molecule is Cc1cc(OCC(=O)NCc2ccccc2Cl)nc(N2CCCC2)n1. The Morgan fingerprint density at radius 3 is 2.80 bits per heavy atom. The molecule has 3 rings (SSSR count). The van der Waals surface area contributed by atoms with Gasteiger partial charge in [0.05, 0.1) is 0 Å². The van der Waals surface area contributed by atoms with E-state index < -0.39 is 0 Å². The van der Waals surface area contributed by atoms with Crippen LogP contribution < -0.4 is 15.0 Å². The lowest BCUT2D eigenvalue weighted by Gasteiger charge is -2.16. The summed E-state index contributed by atoms with van der Waals surface area (Å²) in [6.45, 7) is 4.08. The Kier molecular flexibility index (Phi) is 5.71. The molecule has 7 heteroatoms. The van der Waals surface area contributed by atoms with Crippen molar-refractivity contribution >= 4 is 23.5 Å². The number of hydrogen-bond donors (Lipinski definition) is 1. The largest absolute Gasteiger partial charge is 0.467 e. The highest BCUT2D eigenvalue weighted by Gasteiger charge is 2.16. The molecule has 1 aliphatic rings. The van der Waals surface area contributed by atoms with Crippen molar-refractivity contribution in [1.29, 1.82) is 0 Å². The van der Waals surface area contributed by atoms with Gasteiger partial charge in [-0.15, -0.1) is 0 Å². The predicted octanol–water partition coefficient (Wildman–Crippen LogP) is 2.73. The second kappa shape index (κ2) is 8.16. The number of amides is 1. The van der Waals surface area contributed by atoms with E-state index in [2.05, 4.69) is 20.2 Å². The molecule has 0 atom stereocenters. The molecule has 0 radical (unpaired) electrons. The van der Waals surface area contributed by atoms with Crippen LogP contribution in [0.25, 0.3) is 0 Å². The number of anilines is 1. The van der Waals surface area contributed by atoms with Crippen LogP contribution in [0.3, 0.4) is 0 Å². The Labute approximate surface area is 152 Å². The van der Waals surface area contributed by atoms with Crippen molar-refractivity contribution in [3.63, 3.8) is 0 Å². The van der Waals surface area contributed by atoms with E-state index in [4.69, 9.17) is 16.3 Å². The van der Waals surface area contributed by atoms with Crippen LogP contribution in [0.1, 0.15) is 24.1 Å². The van der Waals surface area contributed by atoms with Crippen LogP contribution in [0.2, 0.25) is 5.02 Å². The molecule has 1 aromatic carbocycles. The maximum atomic E-state index is 12.0. The first-order valence-corrected chi connectivity index (χ1v) is 8.73. The van der Waals surface area contributed by atoms with Crippen LogP contribution in [0.4, 0.5) is 5.95 Å². The number of nitrogens with one attached hydrogen (secondary N) is 1. The summed E-state index contributed by atoms with van der Waals surface area (Å²) in [6.07, 6.45) is 2.30.